The van der Waals surface area contributed by atoms with E-state index in [-0.39, 0.29) is 24.3 Å². The fourth-order valence-electron chi connectivity index (χ4n) is 4.47. The number of carboxylic acid groups (broad SMARTS) is 1. The van der Waals surface area contributed by atoms with E-state index in [1.54, 1.807) is 12.5 Å². The van der Waals surface area contributed by atoms with Gasteiger partial charge in [0.15, 0.2) is 0 Å². The maximum Gasteiger partial charge on any atom is 0.303 e. The number of hydrogen-bond donors (Lipinski definition) is 5. The lowest BCUT2D eigenvalue weighted by Gasteiger charge is -2.26. The van der Waals surface area contributed by atoms with Gasteiger partial charge >= 0.3 is 5.97 Å². The van der Waals surface area contributed by atoms with Crippen molar-refractivity contribution >= 4 is 5.97 Å². The lowest BCUT2D eigenvalue weighted by molar-refractivity contribution is -0.137. The van der Waals surface area contributed by atoms with E-state index < -0.39 is 18.2 Å². The number of hydrogen-bond acceptors (Lipinski definition) is 6. The van der Waals surface area contributed by atoms with E-state index in [1.165, 1.54) is 0 Å². The minimum atomic E-state index is -0.755. The predicted octanol–water partition coefficient (Wildman–Crippen LogP) is 3.12. The second-order valence-corrected chi connectivity index (χ2v) is 8.11. The summed E-state index contributed by atoms with van der Waals surface area (Å²) in [6, 6.07) is 1.76. The van der Waals surface area contributed by atoms with Crippen LogP contribution in [0.25, 0.3) is 0 Å². The van der Waals surface area contributed by atoms with Crippen LogP contribution in [0.1, 0.15) is 69.8 Å². The lowest BCUT2D eigenvalue weighted by atomic mass is 9.84. The van der Waals surface area contributed by atoms with Gasteiger partial charge in [-0.1, -0.05) is 19.3 Å². The highest BCUT2D eigenvalue weighted by Gasteiger charge is 2.41. The zero-order chi connectivity index (χ0) is 20.4. The molecule has 1 aliphatic rings. The summed E-state index contributed by atoms with van der Waals surface area (Å²) in [7, 11) is 0. The molecule has 1 heterocycles. The summed E-state index contributed by atoms with van der Waals surface area (Å²) >= 11 is 0. The number of aliphatic carboxylic acids is 1. The number of carbonyl (C=O) groups is 1. The Morgan fingerprint density at radius 3 is 2.64 bits per heavy atom. The van der Waals surface area contributed by atoms with Crippen molar-refractivity contribution in [2.45, 2.75) is 88.9 Å². The molecule has 1 aliphatic carbocycles. The van der Waals surface area contributed by atoms with E-state index >= 15 is 0 Å². The number of aliphatic hydroxyl groups excluding tert-OH is 2. The summed E-state index contributed by atoms with van der Waals surface area (Å²) < 4.78 is 5.04. The summed E-state index contributed by atoms with van der Waals surface area (Å²) in [5.41, 5.74) is 3.43. The van der Waals surface area contributed by atoms with E-state index in [1.807, 2.05) is 6.07 Å². The molecule has 1 fully saturated rings. The van der Waals surface area contributed by atoms with Gasteiger partial charge in [-0.25, -0.2) is 5.48 Å². The van der Waals surface area contributed by atoms with Crippen molar-refractivity contribution in [1.29, 1.82) is 0 Å². The zero-order valence-electron chi connectivity index (χ0n) is 16.5. The molecular weight excluding hydrogens is 362 g/mol. The lowest BCUT2D eigenvalue weighted by Crippen LogP contribution is -2.32. The highest BCUT2D eigenvalue weighted by molar-refractivity contribution is 5.66. The number of nitrogens with one attached hydrogen (secondary N) is 1. The molecule has 5 N–H and O–H groups in total. The van der Waals surface area contributed by atoms with Crippen LogP contribution in [0.2, 0.25) is 0 Å². The summed E-state index contributed by atoms with van der Waals surface area (Å²) in [4.78, 5) is 10.5. The fourth-order valence-corrected chi connectivity index (χ4v) is 4.47. The molecule has 0 radical (unpaired) electrons. The molecule has 0 amide bonds. The average molecular weight is 398 g/mol. The Hall–Kier alpha value is -1.41. The Kier molecular flexibility index (Phi) is 9.98. The molecule has 1 saturated carbocycles. The molecular formula is C21H35NO6. The molecule has 2 rings (SSSR count). The third-order valence-electron chi connectivity index (χ3n) is 6.08. The second kappa shape index (κ2) is 12.2. The number of rotatable bonds is 14. The van der Waals surface area contributed by atoms with Gasteiger partial charge in [-0.3, -0.25) is 4.79 Å². The Morgan fingerprint density at radius 1 is 1.18 bits per heavy atom. The van der Waals surface area contributed by atoms with Crippen LogP contribution in [0.5, 0.6) is 0 Å². The van der Waals surface area contributed by atoms with Crippen LogP contribution in [-0.2, 0) is 11.2 Å². The Labute approximate surface area is 166 Å². The summed E-state index contributed by atoms with van der Waals surface area (Å²) in [5.74, 6) is -0.526. The molecule has 0 bridgehead atoms. The third kappa shape index (κ3) is 7.54. The maximum atomic E-state index is 10.5. The van der Waals surface area contributed by atoms with Crippen LogP contribution in [0, 0.1) is 11.8 Å². The van der Waals surface area contributed by atoms with Gasteiger partial charge in [0.1, 0.15) is 0 Å². The molecule has 0 aliphatic heterocycles. The number of furan rings is 1. The third-order valence-corrected chi connectivity index (χ3v) is 6.08. The highest BCUT2D eigenvalue weighted by atomic mass is 16.5. The number of aliphatic hydroxyl groups is 2. The minimum absolute atomic E-state index is 0.102. The summed E-state index contributed by atoms with van der Waals surface area (Å²) in [6.45, 7) is 0. The van der Waals surface area contributed by atoms with Crippen molar-refractivity contribution in [2.24, 2.45) is 11.8 Å². The van der Waals surface area contributed by atoms with Crippen LogP contribution in [-0.4, -0.2) is 44.7 Å². The number of unbranched alkanes of at least 4 members (excludes halogenated alkanes) is 3. The van der Waals surface area contributed by atoms with Gasteiger partial charge in [0.2, 0.25) is 0 Å². The van der Waals surface area contributed by atoms with E-state index in [9.17, 15) is 20.2 Å². The van der Waals surface area contributed by atoms with Gasteiger partial charge in [-0.15, -0.1) is 0 Å². The first-order valence-electron chi connectivity index (χ1n) is 10.5. The fraction of sp³-hybridized carbons (Fsp3) is 0.762. The first-order chi connectivity index (χ1) is 13.5. The monoisotopic (exact) mass is 397 g/mol. The van der Waals surface area contributed by atoms with Gasteiger partial charge in [0.05, 0.1) is 24.7 Å². The summed E-state index contributed by atoms with van der Waals surface area (Å²) in [5, 5.41) is 38.9. The highest BCUT2D eigenvalue weighted by Crippen LogP contribution is 2.39. The maximum absolute atomic E-state index is 10.5. The topological polar surface area (TPSA) is 123 Å². The molecule has 1 aromatic heterocycles. The molecule has 28 heavy (non-hydrogen) atoms. The molecule has 1 aromatic rings. The first kappa shape index (κ1) is 22.9. The van der Waals surface area contributed by atoms with E-state index in [0.717, 1.165) is 44.1 Å². The Balaban J connectivity index is 1.73. The van der Waals surface area contributed by atoms with Crippen LogP contribution in [0.4, 0.5) is 0 Å². The van der Waals surface area contributed by atoms with Crippen molar-refractivity contribution < 1.29 is 29.7 Å². The summed E-state index contributed by atoms with van der Waals surface area (Å²) in [6.07, 6.45) is 10.4. The molecule has 0 aromatic carbocycles. The van der Waals surface area contributed by atoms with Gasteiger partial charge in [0, 0.05) is 12.5 Å². The van der Waals surface area contributed by atoms with Crippen molar-refractivity contribution in [1.82, 2.24) is 5.48 Å². The minimum Gasteiger partial charge on any atom is -0.481 e. The standard InChI is InChI=1S/C21H35NO6/c23-16(8-7-15-11-12-28-14-15)9-10-17-18(20(24)13-19(17)22-27)5-3-1-2-4-6-21(25)26/h11-12,14,16-20,22-24,27H,1-10,13H2,(H,25,26)/t16-,17?,18+,19?,20-/m0/s1. The van der Waals surface area contributed by atoms with Crippen molar-refractivity contribution in [2.75, 3.05) is 0 Å². The van der Waals surface area contributed by atoms with Gasteiger partial charge in [-0.2, -0.15) is 0 Å². The average Bonchev–Trinajstić information content (AvgIpc) is 3.28. The quantitative estimate of drug-likeness (QED) is 0.241. The smallest absolute Gasteiger partial charge is 0.303 e. The SMILES string of the molecule is O=C(O)CCCCCC[C@@H]1C(CC[C@@H](O)CCc2ccoc2)C(NO)C[C@@H]1O. The van der Waals surface area contributed by atoms with Crippen molar-refractivity contribution in [3.05, 3.63) is 24.2 Å². The van der Waals surface area contributed by atoms with Crippen LogP contribution < -0.4 is 5.48 Å². The van der Waals surface area contributed by atoms with E-state index in [4.69, 9.17) is 9.52 Å². The molecule has 7 nitrogen and oxygen atoms in total. The molecule has 2 unspecified atom stereocenters. The number of aryl methyl sites for hydroxylation is 1. The Bertz CT molecular complexity index is 549. The van der Waals surface area contributed by atoms with Crippen LogP contribution in [0.15, 0.2) is 23.0 Å². The Morgan fingerprint density at radius 2 is 1.96 bits per heavy atom. The van der Waals surface area contributed by atoms with E-state index in [0.29, 0.717) is 25.7 Å². The van der Waals surface area contributed by atoms with Gasteiger partial charge in [-0.05, 0) is 68.4 Å². The second-order valence-electron chi connectivity index (χ2n) is 8.11. The number of hydroxylamine groups is 1. The molecule has 7 heteroatoms. The predicted molar refractivity (Wildman–Crippen MR) is 104 cm³/mol. The van der Waals surface area contributed by atoms with Crippen molar-refractivity contribution in [3.8, 4) is 0 Å². The number of carboxylic acids is 1. The molecule has 0 spiro atoms. The molecule has 5 atom stereocenters. The largest absolute Gasteiger partial charge is 0.481 e. The first-order valence-corrected chi connectivity index (χ1v) is 10.5. The van der Waals surface area contributed by atoms with Crippen molar-refractivity contribution in [3.63, 3.8) is 0 Å². The molecule has 160 valence electrons. The van der Waals surface area contributed by atoms with Gasteiger partial charge < -0.3 is 24.9 Å². The van der Waals surface area contributed by atoms with Crippen LogP contribution >= 0.6 is 0 Å². The normalized spacial score (nSPS) is 25.8. The zero-order valence-corrected chi connectivity index (χ0v) is 16.5. The van der Waals surface area contributed by atoms with E-state index in [2.05, 4.69) is 5.48 Å². The van der Waals surface area contributed by atoms with Gasteiger partial charge in [0.25, 0.3) is 0 Å². The van der Waals surface area contributed by atoms with Crippen LogP contribution in [0.3, 0.4) is 0 Å². The molecule has 0 saturated heterocycles.